The Morgan fingerprint density at radius 3 is 0.820 bits per heavy atom. The molecule has 0 saturated heterocycles. The number of ether oxygens (including phenoxy) is 1. The van der Waals surface area contributed by atoms with Crippen molar-refractivity contribution in [3.8, 4) is 0 Å². The normalized spacial score (nSPS) is 16.4. The van der Waals surface area contributed by atoms with Gasteiger partial charge in [-0.15, -0.1) is 0 Å². The van der Waals surface area contributed by atoms with E-state index in [2.05, 4.69) is 11.3 Å². The van der Waals surface area contributed by atoms with Crippen LogP contribution >= 0.6 is 0 Å². The van der Waals surface area contributed by atoms with E-state index in [0.29, 0.717) is 0 Å². The first kappa shape index (κ1) is 47.2. The molecule has 298 valence electrons. The summed E-state index contributed by atoms with van der Waals surface area (Å²) in [6.45, 7) is 2.11. The van der Waals surface area contributed by atoms with Crippen molar-refractivity contribution >= 4 is 5.97 Å². The van der Waals surface area contributed by atoms with Crippen LogP contribution < -0.4 is 0 Å². The average Bonchev–Trinajstić information content (AvgIpc) is 2.89. The second-order valence-electron chi connectivity index (χ2n) is 9.28. The molecule has 0 N–H and O–H groups in total. The topological polar surface area (TPSA) is 26.3 Å². The highest BCUT2D eigenvalue weighted by molar-refractivity contribution is 5.81. The predicted octanol–water partition coefficient (Wildman–Crippen LogP) is 10.3. The van der Waals surface area contributed by atoms with Crippen LogP contribution in [0.5, 0.6) is 0 Å². The highest BCUT2D eigenvalue weighted by Crippen LogP contribution is 2.68. The van der Waals surface area contributed by atoms with Crippen LogP contribution in [0.15, 0.2) is 12.7 Å². The molecular formula is C19H7F29O2. The summed E-state index contributed by atoms with van der Waals surface area (Å²) in [5, 5.41) is 0. The van der Waals surface area contributed by atoms with Crippen molar-refractivity contribution in [2.75, 3.05) is 0 Å². The van der Waals surface area contributed by atoms with Gasteiger partial charge in [-0.25, -0.2) is 4.79 Å². The van der Waals surface area contributed by atoms with Gasteiger partial charge in [0.1, 0.15) is 0 Å². The number of hydrogen-bond donors (Lipinski definition) is 0. The summed E-state index contributed by atoms with van der Waals surface area (Å²) in [6, 6.07) is 0. The van der Waals surface area contributed by atoms with E-state index in [1.165, 1.54) is 0 Å². The van der Waals surface area contributed by atoms with E-state index >= 15 is 0 Å². The molecule has 0 aromatic rings. The summed E-state index contributed by atoms with van der Waals surface area (Å²) in [4.78, 5) is 10.5. The van der Waals surface area contributed by atoms with Crippen molar-refractivity contribution in [3.63, 3.8) is 0 Å². The van der Waals surface area contributed by atoms with Gasteiger partial charge in [-0.2, -0.15) is 127 Å². The van der Waals surface area contributed by atoms with E-state index in [1.54, 1.807) is 0 Å². The maximum Gasteiger partial charge on any atom is 0.473 e. The lowest BCUT2D eigenvalue weighted by molar-refractivity contribution is -0.487. The zero-order valence-corrected chi connectivity index (χ0v) is 22.0. The lowest BCUT2D eigenvalue weighted by Crippen LogP contribution is -2.79. The van der Waals surface area contributed by atoms with Gasteiger partial charge in [-0.05, 0) is 0 Å². The third-order valence-electron chi connectivity index (χ3n) is 5.89. The third kappa shape index (κ3) is 6.21. The quantitative estimate of drug-likeness (QED) is 0.0881. The van der Waals surface area contributed by atoms with Crippen LogP contribution in [0.25, 0.3) is 0 Å². The minimum Gasteiger partial charge on any atom is -0.393 e. The standard InChI is InChI=1S/C19H7F29O2/c1-2-5(49)50-19(47,48)18(45,46)17(43,44)16(41,42)15(39,40)14(37,38)13(35,36)12(33,34)11(31,32)10(29,30)9(27,28)8(25,26)6(20,21)3-4-7(22,23)24/h2H,1,3-4H2. The predicted molar refractivity (Wildman–Crippen MR) is 95.9 cm³/mol. The second kappa shape index (κ2) is 12.1. The molecule has 2 nitrogen and oxygen atoms in total. The molecule has 0 unspecified atom stereocenters. The molecule has 0 aliphatic carbocycles. The van der Waals surface area contributed by atoms with E-state index in [4.69, 9.17) is 0 Å². The molecule has 0 saturated carbocycles. The van der Waals surface area contributed by atoms with Crippen molar-refractivity contribution in [3.05, 3.63) is 12.7 Å². The van der Waals surface area contributed by atoms with Crippen molar-refractivity contribution in [1.82, 2.24) is 0 Å². The van der Waals surface area contributed by atoms with E-state index in [1.807, 2.05) is 0 Å². The lowest BCUT2D eigenvalue weighted by Gasteiger charge is -2.46. The van der Waals surface area contributed by atoms with Crippen molar-refractivity contribution in [2.45, 2.75) is 96.2 Å². The van der Waals surface area contributed by atoms with Crippen molar-refractivity contribution in [2.24, 2.45) is 0 Å². The minimum atomic E-state index is -9.91. The lowest BCUT2D eigenvalue weighted by atomic mass is 9.83. The number of rotatable bonds is 16. The van der Waals surface area contributed by atoms with Gasteiger partial charge in [0.2, 0.25) is 0 Å². The van der Waals surface area contributed by atoms with E-state index < -0.39 is 108 Å². The van der Waals surface area contributed by atoms with Crippen LogP contribution in [-0.2, 0) is 9.53 Å². The first-order chi connectivity index (χ1) is 21.2. The van der Waals surface area contributed by atoms with Crippen molar-refractivity contribution < 1.29 is 137 Å². The van der Waals surface area contributed by atoms with Crippen LogP contribution in [0.3, 0.4) is 0 Å². The average molecular weight is 818 g/mol. The molecule has 31 heteroatoms. The molecule has 0 rings (SSSR count). The third-order valence-corrected chi connectivity index (χ3v) is 5.89. The largest absolute Gasteiger partial charge is 0.473 e. The first-order valence-corrected chi connectivity index (χ1v) is 11.0. The number of carbonyl (C=O) groups excluding carboxylic acids is 1. The van der Waals surface area contributed by atoms with E-state index in [9.17, 15) is 132 Å². The Labute approximate surface area is 253 Å². The highest BCUT2D eigenvalue weighted by Gasteiger charge is 3.00. The molecule has 0 fully saturated rings. The van der Waals surface area contributed by atoms with Crippen LogP contribution in [0, 0.1) is 0 Å². The molecule has 0 aliphatic rings. The molecule has 0 bridgehead atoms. The van der Waals surface area contributed by atoms with Gasteiger partial charge < -0.3 is 4.74 Å². The molecular weight excluding hydrogens is 811 g/mol. The van der Waals surface area contributed by atoms with E-state index in [-0.39, 0.29) is 0 Å². The molecule has 0 aromatic heterocycles. The van der Waals surface area contributed by atoms with Gasteiger partial charge in [0.25, 0.3) is 0 Å². The molecule has 0 aromatic carbocycles. The van der Waals surface area contributed by atoms with Crippen LogP contribution in [0.4, 0.5) is 127 Å². The fourth-order valence-electron chi connectivity index (χ4n) is 2.87. The molecule has 0 amide bonds. The summed E-state index contributed by atoms with van der Waals surface area (Å²) in [5.74, 6) is -114. The Morgan fingerprint density at radius 1 is 0.380 bits per heavy atom. The SMILES string of the molecule is C=CC(=O)OC(F)(F)C(F)(F)C(F)(F)C(F)(F)C(F)(F)C(F)(F)C(F)(F)C(F)(F)C(F)(F)C(F)(F)C(F)(F)C(F)(F)C(F)(F)CCC(F)(F)F. The zero-order valence-electron chi connectivity index (χ0n) is 22.0. The Balaban J connectivity index is 7.43. The fraction of sp³-hybridized carbons (Fsp3) is 0.842. The van der Waals surface area contributed by atoms with Crippen molar-refractivity contribution in [1.29, 1.82) is 0 Å². The Hall–Kier alpha value is -2.82. The van der Waals surface area contributed by atoms with Gasteiger partial charge in [-0.1, -0.05) is 6.58 Å². The summed E-state index contributed by atoms with van der Waals surface area (Å²) >= 11 is 0. The van der Waals surface area contributed by atoms with Gasteiger partial charge >= 0.3 is 89.3 Å². The summed E-state index contributed by atoms with van der Waals surface area (Å²) in [5.41, 5.74) is 0. The summed E-state index contributed by atoms with van der Waals surface area (Å²) in [6.07, 6.45) is -21.9. The number of esters is 1. The molecule has 0 radical (unpaired) electrons. The Morgan fingerprint density at radius 2 is 0.600 bits per heavy atom. The van der Waals surface area contributed by atoms with Gasteiger partial charge in [-0.3, -0.25) is 0 Å². The van der Waals surface area contributed by atoms with Crippen LogP contribution in [-0.4, -0.2) is 89.3 Å². The van der Waals surface area contributed by atoms with Gasteiger partial charge in [0.15, 0.2) is 0 Å². The Kier molecular flexibility index (Phi) is 11.4. The summed E-state index contributed by atoms with van der Waals surface area (Å²) < 4.78 is 393. The molecule has 0 atom stereocenters. The number of carbonyl (C=O) groups is 1. The minimum absolute atomic E-state index is 0.731. The molecule has 50 heavy (non-hydrogen) atoms. The second-order valence-corrected chi connectivity index (χ2v) is 9.28. The number of alkyl halides is 29. The maximum atomic E-state index is 13.8. The highest BCUT2D eigenvalue weighted by atomic mass is 19.4. The monoisotopic (exact) mass is 818 g/mol. The van der Waals surface area contributed by atoms with Gasteiger partial charge in [0, 0.05) is 18.9 Å². The van der Waals surface area contributed by atoms with Crippen LogP contribution in [0.2, 0.25) is 0 Å². The molecule has 0 spiro atoms. The number of hydrogen-bond acceptors (Lipinski definition) is 2. The summed E-state index contributed by atoms with van der Waals surface area (Å²) in [7, 11) is 0. The van der Waals surface area contributed by atoms with Gasteiger partial charge in [0.05, 0.1) is 0 Å². The fourth-order valence-corrected chi connectivity index (χ4v) is 2.87. The van der Waals surface area contributed by atoms with E-state index in [0.717, 1.165) is 0 Å². The van der Waals surface area contributed by atoms with Crippen LogP contribution in [0.1, 0.15) is 12.8 Å². The number of halogens is 29. The Bertz CT molecular complexity index is 1260. The first-order valence-electron chi connectivity index (χ1n) is 11.0. The molecule has 0 heterocycles. The zero-order chi connectivity index (χ0) is 41.4. The maximum absolute atomic E-state index is 13.8. The molecule has 0 aliphatic heterocycles. The smallest absolute Gasteiger partial charge is 0.393 e.